The Morgan fingerprint density at radius 3 is 2.67 bits per heavy atom. The van der Waals surface area contributed by atoms with E-state index in [4.69, 9.17) is 4.74 Å². The normalized spacial score (nSPS) is 23.6. The molecule has 3 aliphatic rings. The number of aryl methyl sites for hydroxylation is 1. The molecule has 11 heteroatoms. The molecule has 2 aromatic heterocycles. The van der Waals surface area contributed by atoms with E-state index < -0.39 is 11.3 Å². The van der Waals surface area contributed by atoms with Gasteiger partial charge >= 0.3 is 6.03 Å². The quantitative estimate of drug-likeness (QED) is 0.425. The number of anilines is 2. The zero-order chi connectivity index (χ0) is 27.7. The van der Waals surface area contributed by atoms with E-state index in [1.54, 1.807) is 23.4 Å². The van der Waals surface area contributed by atoms with E-state index in [1.807, 2.05) is 13.0 Å². The lowest BCUT2D eigenvalue weighted by Crippen LogP contribution is -2.56. The summed E-state index contributed by atoms with van der Waals surface area (Å²) in [6.45, 7) is 10.1. The van der Waals surface area contributed by atoms with Gasteiger partial charge < -0.3 is 20.7 Å². The average molecular weight is 551 g/mol. The Hall–Kier alpha value is -3.60. The number of hydrogen-bond donors (Lipinski definition) is 3. The monoisotopic (exact) mass is 550 g/mol. The van der Waals surface area contributed by atoms with Crippen LogP contribution in [0.2, 0.25) is 0 Å². The van der Waals surface area contributed by atoms with E-state index in [0.29, 0.717) is 34.8 Å². The van der Waals surface area contributed by atoms with Crippen LogP contribution in [0.25, 0.3) is 0 Å². The van der Waals surface area contributed by atoms with Crippen molar-refractivity contribution in [3.05, 3.63) is 48.3 Å². The smallest absolute Gasteiger partial charge is 0.327 e. The van der Waals surface area contributed by atoms with Crippen molar-refractivity contribution in [2.45, 2.75) is 74.9 Å². The predicted octanol–water partition coefficient (Wildman–Crippen LogP) is 3.93. The van der Waals surface area contributed by atoms with Gasteiger partial charge in [-0.05, 0) is 43.4 Å². The minimum Gasteiger partial charge on any atom is -0.477 e. The number of nitrogens with zero attached hydrogens (tertiary/aromatic N) is 3. The van der Waals surface area contributed by atoms with Crippen molar-refractivity contribution in [2.75, 3.05) is 11.5 Å². The van der Waals surface area contributed by atoms with Crippen LogP contribution in [-0.4, -0.2) is 51.8 Å². The molecule has 1 aliphatic carbocycles. The summed E-state index contributed by atoms with van der Waals surface area (Å²) in [6.07, 6.45) is 8.07. The molecule has 2 unspecified atom stereocenters. The minimum absolute atomic E-state index is 0.157. The largest absolute Gasteiger partial charge is 0.477 e. The van der Waals surface area contributed by atoms with Gasteiger partial charge in [0.2, 0.25) is 17.7 Å². The fraction of sp³-hybridized carbons (Fsp3) is 0.464. The Balaban J connectivity index is 1.37. The SMILES string of the molecule is C=CC(=O)N[C@H]1CCCC[C@H]1NC(=O)C1Sc2nccc3c2C1NC(=O)N3c1cnc(OCC(C)C)cc1C. The summed E-state index contributed by atoms with van der Waals surface area (Å²) < 4.78 is 5.75. The summed E-state index contributed by atoms with van der Waals surface area (Å²) in [5.74, 6) is 0.449. The third-order valence-corrected chi connectivity index (χ3v) is 8.52. The number of carbonyl (C=O) groups excluding carboxylic acids is 3. The maximum absolute atomic E-state index is 13.6. The van der Waals surface area contributed by atoms with Gasteiger partial charge in [-0.2, -0.15) is 0 Å². The van der Waals surface area contributed by atoms with Crippen LogP contribution in [0.3, 0.4) is 0 Å². The first-order chi connectivity index (χ1) is 18.8. The maximum Gasteiger partial charge on any atom is 0.327 e. The van der Waals surface area contributed by atoms with Gasteiger partial charge in [0.1, 0.15) is 10.3 Å². The highest BCUT2D eigenvalue weighted by atomic mass is 32.2. The Labute approximate surface area is 232 Å². The second kappa shape index (κ2) is 11.3. The van der Waals surface area contributed by atoms with Crippen LogP contribution in [0.1, 0.15) is 56.7 Å². The molecule has 1 saturated carbocycles. The molecule has 0 saturated heterocycles. The van der Waals surface area contributed by atoms with Crippen LogP contribution < -0.4 is 25.6 Å². The van der Waals surface area contributed by atoms with Crippen LogP contribution >= 0.6 is 11.8 Å². The molecule has 4 atom stereocenters. The summed E-state index contributed by atoms with van der Waals surface area (Å²) in [4.78, 5) is 49.5. The van der Waals surface area contributed by atoms with E-state index >= 15 is 0 Å². The molecular formula is C28H34N6O4S. The van der Waals surface area contributed by atoms with Gasteiger partial charge in [0.25, 0.3) is 0 Å². The lowest BCUT2D eigenvalue weighted by atomic mass is 9.89. The minimum atomic E-state index is -0.580. The summed E-state index contributed by atoms with van der Waals surface area (Å²) >= 11 is 1.35. The number of hydrogen-bond acceptors (Lipinski definition) is 7. The fourth-order valence-electron chi connectivity index (χ4n) is 5.34. The van der Waals surface area contributed by atoms with Crippen molar-refractivity contribution < 1.29 is 19.1 Å². The van der Waals surface area contributed by atoms with Gasteiger partial charge in [-0.1, -0.05) is 45.0 Å². The van der Waals surface area contributed by atoms with E-state index in [2.05, 4.69) is 46.3 Å². The topological polar surface area (TPSA) is 126 Å². The van der Waals surface area contributed by atoms with Crippen molar-refractivity contribution in [3.63, 3.8) is 0 Å². The third kappa shape index (κ3) is 5.45. The number of urea groups is 1. The predicted molar refractivity (Wildman–Crippen MR) is 149 cm³/mol. The van der Waals surface area contributed by atoms with E-state index in [9.17, 15) is 14.4 Å². The molecule has 10 nitrogen and oxygen atoms in total. The van der Waals surface area contributed by atoms with Crippen molar-refractivity contribution in [2.24, 2.45) is 5.92 Å². The first-order valence-electron chi connectivity index (χ1n) is 13.4. The third-order valence-electron chi connectivity index (χ3n) is 7.23. The Morgan fingerprint density at radius 2 is 1.97 bits per heavy atom. The highest BCUT2D eigenvalue weighted by molar-refractivity contribution is 8.01. The maximum atomic E-state index is 13.6. The number of thioether (sulfide) groups is 1. The Bertz CT molecular complexity index is 1300. The summed E-state index contributed by atoms with van der Waals surface area (Å²) in [5, 5.41) is 9.28. The molecule has 5 rings (SSSR count). The van der Waals surface area contributed by atoms with Gasteiger partial charge in [0.05, 0.1) is 30.2 Å². The second-order valence-corrected chi connectivity index (χ2v) is 11.7. The van der Waals surface area contributed by atoms with Crippen molar-refractivity contribution >= 4 is 41.0 Å². The van der Waals surface area contributed by atoms with Crippen LogP contribution in [0.15, 0.2) is 42.2 Å². The molecule has 206 valence electrons. The zero-order valence-corrected chi connectivity index (χ0v) is 23.2. The molecule has 39 heavy (non-hydrogen) atoms. The lowest BCUT2D eigenvalue weighted by molar-refractivity contribution is -0.123. The molecule has 0 spiro atoms. The second-order valence-electron chi connectivity index (χ2n) is 10.6. The zero-order valence-electron chi connectivity index (χ0n) is 22.4. The molecular weight excluding hydrogens is 516 g/mol. The number of ether oxygens (including phenoxy) is 1. The van der Waals surface area contributed by atoms with Crippen LogP contribution in [0.4, 0.5) is 16.2 Å². The Morgan fingerprint density at radius 1 is 1.23 bits per heavy atom. The Kier molecular flexibility index (Phi) is 7.79. The van der Waals surface area contributed by atoms with Crippen molar-refractivity contribution in [3.8, 4) is 5.88 Å². The molecule has 4 heterocycles. The molecule has 0 radical (unpaired) electrons. The van der Waals surface area contributed by atoms with Crippen molar-refractivity contribution in [1.82, 2.24) is 25.9 Å². The number of pyridine rings is 2. The first kappa shape index (κ1) is 27.0. The average Bonchev–Trinajstić information content (AvgIpc) is 3.29. The van der Waals surface area contributed by atoms with E-state index in [1.165, 1.54) is 17.8 Å². The van der Waals surface area contributed by atoms with Gasteiger partial charge in [0.15, 0.2) is 0 Å². The first-order valence-corrected chi connectivity index (χ1v) is 14.2. The number of carbonyl (C=O) groups is 3. The van der Waals surface area contributed by atoms with Gasteiger partial charge in [-0.3, -0.25) is 14.5 Å². The summed E-state index contributed by atoms with van der Waals surface area (Å²) in [7, 11) is 0. The summed E-state index contributed by atoms with van der Waals surface area (Å²) in [6, 6.07) is 2.43. The number of rotatable bonds is 8. The highest BCUT2D eigenvalue weighted by Crippen LogP contribution is 2.51. The standard InChI is InChI=1S/C28H34N6O4S/c1-5-21(35)31-17-8-6-7-9-18(17)32-26(36)25-24-23-19(10-11-29-27(23)39-25)34(28(37)33-24)20-13-30-22(12-16(20)4)38-14-15(2)3/h5,10-13,15,17-18,24-25H,1,6-9,14H2,2-4H3,(H,31,35)(H,32,36)(H,33,37)/t17-,18+,24?,25?/m0/s1. The van der Waals surface area contributed by atoms with Crippen LogP contribution in [0.5, 0.6) is 5.88 Å². The summed E-state index contributed by atoms with van der Waals surface area (Å²) in [5.41, 5.74) is 2.98. The van der Waals surface area contributed by atoms with Gasteiger partial charge in [-0.25, -0.2) is 14.8 Å². The van der Waals surface area contributed by atoms with Crippen LogP contribution in [-0.2, 0) is 9.59 Å². The molecule has 0 aromatic carbocycles. The van der Waals surface area contributed by atoms with Crippen LogP contribution in [0, 0.1) is 12.8 Å². The molecule has 3 N–H and O–H groups in total. The molecule has 4 amide bonds. The number of aromatic nitrogens is 2. The molecule has 0 bridgehead atoms. The lowest BCUT2D eigenvalue weighted by Gasteiger charge is -2.36. The van der Waals surface area contributed by atoms with Crippen molar-refractivity contribution in [1.29, 1.82) is 0 Å². The molecule has 2 aliphatic heterocycles. The molecule has 1 fully saturated rings. The molecule has 2 aromatic rings. The fourth-order valence-corrected chi connectivity index (χ4v) is 6.57. The van der Waals surface area contributed by atoms with Gasteiger partial charge in [-0.15, -0.1) is 0 Å². The number of amides is 4. The van der Waals surface area contributed by atoms with E-state index in [-0.39, 0.29) is 29.9 Å². The highest BCUT2D eigenvalue weighted by Gasteiger charge is 2.47. The van der Waals surface area contributed by atoms with Gasteiger partial charge in [0, 0.05) is 29.9 Å². The number of nitrogens with one attached hydrogen (secondary N) is 3. The van der Waals surface area contributed by atoms with E-state index in [0.717, 1.165) is 36.8 Å².